The van der Waals surface area contributed by atoms with E-state index in [1.54, 1.807) is 6.08 Å². The molecule has 4 heteroatoms. The quantitative estimate of drug-likeness (QED) is 0.644. The van der Waals surface area contributed by atoms with Crippen LogP contribution in [0.1, 0.15) is 12.0 Å². The molecule has 94 valence electrons. The number of carbonyl (C=O) groups is 1. The van der Waals surface area contributed by atoms with E-state index in [9.17, 15) is 9.18 Å². The fraction of sp³-hybridized carbons (Fsp3) is 0.214. The van der Waals surface area contributed by atoms with E-state index in [4.69, 9.17) is 5.73 Å². The predicted molar refractivity (Wildman–Crippen MR) is 67.2 cm³/mol. The maximum atomic E-state index is 14.3. The molecular formula is C14H14FNO2. The van der Waals surface area contributed by atoms with Crippen LogP contribution >= 0.6 is 0 Å². The first-order valence-electron chi connectivity index (χ1n) is 5.57. The van der Waals surface area contributed by atoms with Gasteiger partial charge in [-0.1, -0.05) is 36.4 Å². The summed E-state index contributed by atoms with van der Waals surface area (Å²) in [5.74, 6) is -2.92. The molecule has 1 aliphatic rings. The van der Waals surface area contributed by atoms with Crippen molar-refractivity contribution in [1.29, 1.82) is 0 Å². The number of nitrogens with two attached hydrogens (primary N) is 1. The lowest BCUT2D eigenvalue weighted by Crippen LogP contribution is -2.41. The van der Waals surface area contributed by atoms with Gasteiger partial charge in [-0.2, -0.15) is 0 Å². The van der Waals surface area contributed by atoms with Crippen molar-refractivity contribution >= 4 is 11.5 Å². The molecular weight excluding hydrogens is 233 g/mol. The van der Waals surface area contributed by atoms with Crippen LogP contribution in [0.15, 0.2) is 48.1 Å². The highest BCUT2D eigenvalue weighted by Gasteiger charge is 2.37. The van der Waals surface area contributed by atoms with Crippen molar-refractivity contribution < 1.29 is 13.9 Å². The Hall–Kier alpha value is -1.94. The molecule has 1 unspecified atom stereocenters. The molecule has 2 rings (SSSR count). The summed E-state index contributed by atoms with van der Waals surface area (Å²) in [5.41, 5.74) is 7.05. The van der Waals surface area contributed by atoms with E-state index in [-0.39, 0.29) is 12.0 Å². The molecule has 2 N–H and O–H groups in total. The van der Waals surface area contributed by atoms with Gasteiger partial charge in [0.05, 0.1) is 12.7 Å². The first-order chi connectivity index (χ1) is 8.54. The maximum Gasteiger partial charge on any atom is 0.338 e. The first kappa shape index (κ1) is 12.5. The molecule has 0 bridgehead atoms. The highest BCUT2D eigenvalue weighted by molar-refractivity contribution is 5.93. The van der Waals surface area contributed by atoms with E-state index in [2.05, 4.69) is 4.74 Å². The van der Waals surface area contributed by atoms with Crippen LogP contribution in [0.2, 0.25) is 0 Å². The summed E-state index contributed by atoms with van der Waals surface area (Å²) in [5, 5.41) is 0. The van der Waals surface area contributed by atoms with Gasteiger partial charge < -0.3 is 4.74 Å². The van der Waals surface area contributed by atoms with Gasteiger partial charge >= 0.3 is 5.97 Å². The fourth-order valence-electron chi connectivity index (χ4n) is 1.95. The highest BCUT2D eigenvalue weighted by atomic mass is 19.1. The Morgan fingerprint density at radius 3 is 2.56 bits per heavy atom. The summed E-state index contributed by atoms with van der Waals surface area (Å²) in [7, 11) is 1.20. The lowest BCUT2D eigenvalue weighted by molar-refractivity contribution is -0.137. The zero-order chi connectivity index (χ0) is 13.2. The number of allylic oxidation sites excluding steroid dienone is 2. The standard InChI is InChI=1S/C14H14FNO2/c1-18-13(17)12-8-7-11(9-14(12,15)16)10-5-3-2-4-6-10/h2-8H,9,16H2,1H3. The molecule has 3 nitrogen and oxygen atoms in total. The van der Waals surface area contributed by atoms with E-state index in [1.807, 2.05) is 30.3 Å². The maximum absolute atomic E-state index is 14.3. The second kappa shape index (κ2) is 4.74. The number of hydrogen-bond acceptors (Lipinski definition) is 3. The molecule has 0 heterocycles. The number of carbonyl (C=O) groups excluding carboxylic acids is 1. The van der Waals surface area contributed by atoms with Crippen LogP contribution in [0.5, 0.6) is 0 Å². The van der Waals surface area contributed by atoms with Crippen LogP contribution in [0.3, 0.4) is 0 Å². The Morgan fingerprint density at radius 1 is 1.33 bits per heavy atom. The van der Waals surface area contributed by atoms with E-state index >= 15 is 0 Å². The van der Waals surface area contributed by atoms with Gasteiger partial charge in [-0.15, -0.1) is 0 Å². The first-order valence-corrected chi connectivity index (χ1v) is 5.57. The summed E-state index contributed by atoms with van der Waals surface area (Å²) in [6.45, 7) is 0. The van der Waals surface area contributed by atoms with Crippen molar-refractivity contribution in [3.8, 4) is 0 Å². The average molecular weight is 247 g/mol. The summed E-state index contributed by atoms with van der Waals surface area (Å²) in [6, 6.07) is 9.36. The summed E-state index contributed by atoms with van der Waals surface area (Å²) in [6.07, 6.45) is 3.04. The van der Waals surface area contributed by atoms with E-state index in [0.29, 0.717) is 0 Å². The average Bonchev–Trinajstić information content (AvgIpc) is 2.38. The fourth-order valence-corrected chi connectivity index (χ4v) is 1.95. The summed E-state index contributed by atoms with van der Waals surface area (Å²) in [4.78, 5) is 11.4. The Labute approximate surface area is 105 Å². The summed E-state index contributed by atoms with van der Waals surface area (Å²) >= 11 is 0. The normalized spacial score (nSPS) is 23.1. The van der Waals surface area contributed by atoms with Gasteiger partial charge in [0.25, 0.3) is 0 Å². The summed E-state index contributed by atoms with van der Waals surface area (Å²) < 4.78 is 18.8. The zero-order valence-electron chi connectivity index (χ0n) is 10.0. The molecule has 0 aromatic heterocycles. The van der Waals surface area contributed by atoms with Crippen LogP contribution in [-0.2, 0) is 9.53 Å². The van der Waals surface area contributed by atoms with Crippen molar-refractivity contribution in [2.75, 3.05) is 7.11 Å². The van der Waals surface area contributed by atoms with Crippen molar-refractivity contribution in [1.82, 2.24) is 0 Å². The minimum Gasteiger partial charge on any atom is -0.466 e. The molecule has 1 aromatic carbocycles. The molecule has 0 saturated heterocycles. The molecule has 0 radical (unpaired) electrons. The van der Waals surface area contributed by atoms with Crippen molar-refractivity contribution in [2.45, 2.75) is 12.2 Å². The minimum atomic E-state index is -2.19. The van der Waals surface area contributed by atoms with Gasteiger partial charge in [0.2, 0.25) is 0 Å². The van der Waals surface area contributed by atoms with Crippen molar-refractivity contribution in [3.05, 3.63) is 53.6 Å². The molecule has 1 aromatic rings. The molecule has 0 spiro atoms. The SMILES string of the molecule is COC(=O)C1=CC=C(c2ccccc2)CC1(N)F. The lowest BCUT2D eigenvalue weighted by atomic mass is 9.88. The lowest BCUT2D eigenvalue weighted by Gasteiger charge is -2.26. The van der Waals surface area contributed by atoms with Gasteiger partial charge in [0.15, 0.2) is 5.79 Å². The monoisotopic (exact) mass is 247 g/mol. The van der Waals surface area contributed by atoms with Gasteiger partial charge in [0.1, 0.15) is 0 Å². The number of benzene rings is 1. The molecule has 0 saturated carbocycles. The number of alkyl halides is 1. The second-order valence-corrected chi connectivity index (χ2v) is 4.17. The smallest absolute Gasteiger partial charge is 0.338 e. The molecule has 1 aliphatic carbocycles. The van der Waals surface area contributed by atoms with Crippen LogP contribution in [0, 0.1) is 0 Å². The van der Waals surface area contributed by atoms with Gasteiger partial charge in [0, 0.05) is 6.42 Å². The Kier molecular flexibility index (Phi) is 3.30. The Bertz CT molecular complexity index is 518. The number of methoxy groups -OCH3 is 1. The molecule has 0 fully saturated rings. The number of halogens is 1. The third-order valence-electron chi connectivity index (χ3n) is 2.90. The van der Waals surface area contributed by atoms with E-state index in [1.165, 1.54) is 13.2 Å². The van der Waals surface area contributed by atoms with Crippen LogP contribution < -0.4 is 5.73 Å². The van der Waals surface area contributed by atoms with Gasteiger partial charge in [-0.3, -0.25) is 5.73 Å². The van der Waals surface area contributed by atoms with Crippen LogP contribution in [-0.4, -0.2) is 18.9 Å². The Balaban J connectivity index is 2.37. The second-order valence-electron chi connectivity index (χ2n) is 4.17. The number of rotatable bonds is 2. The zero-order valence-corrected chi connectivity index (χ0v) is 10.0. The Morgan fingerprint density at radius 2 is 2.00 bits per heavy atom. The molecule has 0 aliphatic heterocycles. The van der Waals surface area contributed by atoms with E-state index in [0.717, 1.165) is 11.1 Å². The van der Waals surface area contributed by atoms with E-state index < -0.39 is 11.8 Å². The third kappa shape index (κ3) is 2.33. The molecule has 1 atom stereocenters. The van der Waals surface area contributed by atoms with Crippen molar-refractivity contribution in [3.63, 3.8) is 0 Å². The molecule has 18 heavy (non-hydrogen) atoms. The molecule has 0 amide bonds. The predicted octanol–water partition coefficient (Wildman–Crippen LogP) is 2.20. The number of esters is 1. The van der Waals surface area contributed by atoms with Gasteiger partial charge in [-0.05, 0) is 17.2 Å². The topological polar surface area (TPSA) is 52.3 Å². The van der Waals surface area contributed by atoms with Crippen LogP contribution in [0.25, 0.3) is 5.57 Å². The largest absolute Gasteiger partial charge is 0.466 e. The van der Waals surface area contributed by atoms with Gasteiger partial charge in [-0.25, -0.2) is 9.18 Å². The van der Waals surface area contributed by atoms with Crippen LogP contribution in [0.4, 0.5) is 4.39 Å². The number of ether oxygens (including phenoxy) is 1. The minimum absolute atomic E-state index is 0.0437. The van der Waals surface area contributed by atoms with Crippen molar-refractivity contribution in [2.24, 2.45) is 5.73 Å². The third-order valence-corrected chi connectivity index (χ3v) is 2.90. The highest BCUT2D eigenvalue weighted by Crippen LogP contribution is 2.34. The number of hydrogen-bond donors (Lipinski definition) is 1.